The standard InChI is InChI=1S/C13H20ClNOS/c1-3-6-15-8-11-7-12(14)4-5-13(11)17-10(2)9-16/h4-5,7,10,15-16H,3,6,8-9H2,1-2H3. The largest absolute Gasteiger partial charge is 0.395 e. The molecular formula is C13H20ClNOS. The van der Waals surface area contributed by atoms with Crippen LogP contribution in [-0.2, 0) is 6.54 Å². The van der Waals surface area contributed by atoms with Crippen LogP contribution >= 0.6 is 23.4 Å². The molecule has 2 N–H and O–H groups in total. The molecule has 0 aliphatic heterocycles. The van der Waals surface area contributed by atoms with E-state index in [2.05, 4.69) is 12.2 Å². The first-order valence-corrected chi connectivity index (χ1v) is 7.19. The predicted octanol–water partition coefficient (Wildman–Crippen LogP) is 3.31. The van der Waals surface area contributed by atoms with Crippen molar-refractivity contribution in [2.24, 2.45) is 0 Å². The van der Waals surface area contributed by atoms with Crippen molar-refractivity contribution in [1.82, 2.24) is 5.32 Å². The summed E-state index contributed by atoms with van der Waals surface area (Å²) >= 11 is 7.70. The Morgan fingerprint density at radius 2 is 2.24 bits per heavy atom. The van der Waals surface area contributed by atoms with E-state index in [1.807, 2.05) is 25.1 Å². The number of aliphatic hydroxyl groups is 1. The second-order valence-electron chi connectivity index (χ2n) is 4.04. The molecule has 0 saturated carbocycles. The van der Waals surface area contributed by atoms with Gasteiger partial charge in [-0.3, -0.25) is 0 Å². The lowest BCUT2D eigenvalue weighted by Crippen LogP contribution is -2.14. The molecule has 0 fully saturated rings. The third kappa shape index (κ3) is 5.30. The minimum Gasteiger partial charge on any atom is -0.395 e. The van der Waals surface area contributed by atoms with Crippen molar-refractivity contribution in [1.29, 1.82) is 0 Å². The van der Waals surface area contributed by atoms with Crippen LogP contribution in [-0.4, -0.2) is 23.5 Å². The molecule has 0 saturated heterocycles. The number of rotatable bonds is 7. The van der Waals surface area contributed by atoms with E-state index in [1.54, 1.807) is 11.8 Å². The van der Waals surface area contributed by atoms with Crippen molar-refractivity contribution in [2.45, 2.75) is 37.0 Å². The Morgan fingerprint density at radius 3 is 2.88 bits per heavy atom. The highest BCUT2D eigenvalue weighted by atomic mass is 35.5. The summed E-state index contributed by atoms with van der Waals surface area (Å²) in [6.45, 7) is 6.19. The van der Waals surface area contributed by atoms with Crippen LogP contribution in [0, 0.1) is 0 Å². The number of nitrogens with one attached hydrogen (secondary N) is 1. The summed E-state index contributed by atoms with van der Waals surface area (Å²) < 4.78 is 0. The number of hydrogen-bond donors (Lipinski definition) is 2. The molecule has 1 atom stereocenters. The molecular weight excluding hydrogens is 254 g/mol. The van der Waals surface area contributed by atoms with Gasteiger partial charge in [-0.15, -0.1) is 11.8 Å². The molecule has 17 heavy (non-hydrogen) atoms. The number of aliphatic hydroxyl groups excluding tert-OH is 1. The maximum absolute atomic E-state index is 9.09. The second kappa shape index (κ2) is 7.98. The minimum atomic E-state index is 0.190. The quantitative estimate of drug-likeness (QED) is 0.591. The second-order valence-corrected chi connectivity index (χ2v) is 5.96. The lowest BCUT2D eigenvalue weighted by molar-refractivity contribution is 0.300. The van der Waals surface area contributed by atoms with Crippen LogP contribution in [0.4, 0.5) is 0 Å². The molecule has 0 aromatic heterocycles. The average Bonchev–Trinajstić information content (AvgIpc) is 2.32. The molecule has 0 aliphatic carbocycles. The van der Waals surface area contributed by atoms with Gasteiger partial charge in [0.2, 0.25) is 0 Å². The van der Waals surface area contributed by atoms with Crippen LogP contribution in [0.25, 0.3) is 0 Å². The van der Waals surface area contributed by atoms with Crippen LogP contribution in [0.1, 0.15) is 25.8 Å². The van der Waals surface area contributed by atoms with Gasteiger partial charge >= 0.3 is 0 Å². The first-order chi connectivity index (χ1) is 8.17. The van der Waals surface area contributed by atoms with E-state index in [9.17, 15) is 0 Å². The highest BCUT2D eigenvalue weighted by Gasteiger charge is 2.08. The molecule has 0 heterocycles. The molecule has 0 aliphatic rings. The van der Waals surface area contributed by atoms with Crippen LogP contribution in [0.3, 0.4) is 0 Å². The summed E-state index contributed by atoms with van der Waals surface area (Å²) in [7, 11) is 0. The Labute approximate surface area is 113 Å². The van der Waals surface area contributed by atoms with E-state index in [-0.39, 0.29) is 11.9 Å². The molecule has 0 bridgehead atoms. The monoisotopic (exact) mass is 273 g/mol. The summed E-state index contributed by atoms with van der Waals surface area (Å²) in [6, 6.07) is 5.93. The van der Waals surface area contributed by atoms with Crippen LogP contribution in [0.5, 0.6) is 0 Å². The Bertz CT molecular complexity index is 346. The third-order valence-corrected chi connectivity index (χ3v) is 3.79. The zero-order valence-electron chi connectivity index (χ0n) is 10.4. The van der Waals surface area contributed by atoms with E-state index < -0.39 is 0 Å². The fraction of sp³-hybridized carbons (Fsp3) is 0.538. The summed E-state index contributed by atoms with van der Waals surface area (Å²) in [5, 5.41) is 13.4. The molecule has 2 nitrogen and oxygen atoms in total. The van der Waals surface area contributed by atoms with Crippen molar-refractivity contribution in [3.05, 3.63) is 28.8 Å². The minimum absolute atomic E-state index is 0.190. The summed E-state index contributed by atoms with van der Waals surface area (Å²) in [6.07, 6.45) is 1.12. The SMILES string of the molecule is CCCNCc1cc(Cl)ccc1SC(C)CO. The van der Waals surface area contributed by atoms with Gasteiger partial charge in [0.25, 0.3) is 0 Å². The van der Waals surface area contributed by atoms with Crippen molar-refractivity contribution >= 4 is 23.4 Å². The van der Waals surface area contributed by atoms with Crippen molar-refractivity contribution < 1.29 is 5.11 Å². The number of hydrogen-bond acceptors (Lipinski definition) is 3. The first kappa shape index (κ1) is 14.8. The zero-order valence-corrected chi connectivity index (χ0v) is 11.9. The summed E-state index contributed by atoms with van der Waals surface area (Å²) in [4.78, 5) is 1.19. The Morgan fingerprint density at radius 1 is 1.47 bits per heavy atom. The summed E-state index contributed by atoms with van der Waals surface area (Å²) in [5.74, 6) is 0. The topological polar surface area (TPSA) is 32.3 Å². The normalized spacial score (nSPS) is 12.7. The van der Waals surface area contributed by atoms with Gasteiger partial charge in [-0.05, 0) is 36.7 Å². The van der Waals surface area contributed by atoms with Gasteiger partial charge < -0.3 is 10.4 Å². The molecule has 0 amide bonds. The van der Waals surface area contributed by atoms with Gasteiger partial charge in [-0.25, -0.2) is 0 Å². The van der Waals surface area contributed by atoms with Crippen molar-refractivity contribution in [3.63, 3.8) is 0 Å². The van der Waals surface area contributed by atoms with Crippen LogP contribution in [0.2, 0.25) is 5.02 Å². The van der Waals surface area contributed by atoms with Gasteiger partial charge in [0.1, 0.15) is 0 Å². The summed E-state index contributed by atoms with van der Waals surface area (Å²) in [5.41, 5.74) is 1.20. The van der Waals surface area contributed by atoms with E-state index in [0.29, 0.717) is 0 Å². The van der Waals surface area contributed by atoms with E-state index >= 15 is 0 Å². The Hall–Kier alpha value is -0.220. The fourth-order valence-corrected chi connectivity index (χ4v) is 2.59. The Kier molecular flexibility index (Phi) is 6.97. The number of benzene rings is 1. The highest BCUT2D eigenvalue weighted by Crippen LogP contribution is 2.28. The maximum atomic E-state index is 9.09. The number of thioether (sulfide) groups is 1. The van der Waals surface area contributed by atoms with E-state index in [0.717, 1.165) is 24.5 Å². The van der Waals surface area contributed by atoms with Crippen LogP contribution in [0.15, 0.2) is 23.1 Å². The lowest BCUT2D eigenvalue weighted by Gasteiger charge is -2.13. The Balaban J connectivity index is 2.72. The fourth-order valence-electron chi connectivity index (χ4n) is 1.45. The van der Waals surface area contributed by atoms with Gasteiger partial charge in [0, 0.05) is 21.7 Å². The molecule has 1 aromatic rings. The molecule has 4 heteroatoms. The van der Waals surface area contributed by atoms with Crippen LogP contribution < -0.4 is 5.32 Å². The zero-order chi connectivity index (χ0) is 12.7. The van der Waals surface area contributed by atoms with Gasteiger partial charge in [0.05, 0.1) is 6.61 Å². The average molecular weight is 274 g/mol. The van der Waals surface area contributed by atoms with Crippen molar-refractivity contribution in [2.75, 3.05) is 13.2 Å². The highest BCUT2D eigenvalue weighted by molar-refractivity contribution is 8.00. The van der Waals surface area contributed by atoms with E-state index in [1.165, 1.54) is 10.5 Å². The van der Waals surface area contributed by atoms with Gasteiger partial charge in [-0.2, -0.15) is 0 Å². The van der Waals surface area contributed by atoms with Gasteiger partial charge in [0.15, 0.2) is 0 Å². The van der Waals surface area contributed by atoms with Gasteiger partial charge in [-0.1, -0.05) is 25.4 Å². The lowest BCUT2D eigenvalue weighted by atomic mass is 10.2. The molecule has 0 spiro atoms. The predicted molar refractivity (Wildman–Crippen MR) is 75.9 cm³/mol. The smallest absolute Gasteiger partial charge is 0.0550 e. The molecule has 96 valence electrons. The molecule has 0 radical (unpaired) electrons. The molecule has 1 unspecified atom stereocenters. The maximum Gasteiger partial charge on any atom is 0.0550 e. The number of halogens is 1. The molecule has 1 aromatic carbocycles. The first-order valence-electron chi connectivity index (χ1n) is 5.94. The molecule has 1 rings (SSSR count). The van der Waals surface area contributed by atoms with Crippen molar-refractivity contribution in [3.8, 4) is 0 Å². The third-order valence-electron chi connectivity index (χ3n) is 2.35. The van der Waals surface area contributed by atoms with E-state index in [4.69, 9.17) is 16.7 Å².